The highest BCUT2D eigenvalue weighted by Crippen LogP contribution is 2.29. The highest BCUT2D eigenvalue weighted by atomic mass is 79.9. The second-order valence-electron chi connectivity index (χ2n) is 8.54. The third-order valence-electron chi connectivity index (χ3n) is 6.62. The van der Waals surface area contributed by atoms with Crippen LogP contribution in [-0.2, 0) is 11.2 Å². The van der Waals surface area contributed by atoms with Crippen molar-refractivity contribution in [3.8, 4) is 5.75 Å². The molecule has 2 heterocycles. The van der Waals surface area contributed by atoms with Crippen LogP contribution in [-0.4, -0.2) is 55.5 Å². The molecule has 2 fully saturated rings. The van der Waals surface area contributed by atoms with Gasteiger partial charge in [-0.1, -0.05) is 15.9 Å². The number of hydrogen-bond donors (Lipinski definition) is 0. The minimum Gasteiger partial charge on any atom is -0.497 e. The largest absolute Gasteiger partial charge is 0.497 e. The third-order valence-corrected chi connectivity index (χ3v) is 7.39. The smallest absolute Gasteiger partial charge is 0.219 e. The van der Waals surface area contributed by atoms with Crippen molar-refractivity contribution in [3.63, 3.8) is 0 Å². The molecule has 28 heavy (non-hydrogen) atoms. The molecule has 0 spiro atoms. The molecule has 2 aliphatic heterocycles. The van der Waals surface area contributed by atoms with E-state index in [0.29, 0.717) is 0 Å². The van der Waals surface area contributed by atoms with Gasteiger partial charge in [0.1, 0.15) is 5.75 Å². The molecule has 156 valence electrons. The summed E-state index contributed by atoms with van der Waals surface area (Å²) in [6.07, 6.45) is 8.73. The number of carbonyl (C=O) groups excluding carboxylic acids is 1. The highest BCUT2D eigenvalue weighted by Gasteiger charge is 2.22. The molecule has 2 saturated heterocycles. The number of hydrogen-bond acceptors (Lipinski definition) is 3. The Labute approximate surface area is 178 Å². The zero-order valence-corrected chi connectivity index (χ0v) is 19.0. The monoisotopic (exact) mass is 450 g/mol. The molecule has 0 N–H and O–H groups in total. The fourth-order valence-corrected chi connectivity index (χ4v) is 5.11. The zero-order valence-electron chi connectivity index (χ0n) is 17.5. The van der Waals surface area contributed by atoms with E-state index in [1.807, 2.05) is 11.0 Å². The number of amides is 1. The summed E-state index contributed by atoms with van der Waals surface area (Å²) in [7, 11) is 1.73. The minimum atomic E-state index is 0.238. The Morgan fingerprint density at radius 3 is 2.43 bits per heavy atom. The summed E-state index contributed by atoms with van der Waals surface area (Å²) in [5, 5.41) is 0. The summed E-state index contributed by atoms with van der Waals surface area (Å²) in [4.78, 5) is 16.1. The quantitative estimate of drug-likeness (QED) is 0.600. The summed E-state index contributed by atoms with van der Waals surface area (Å²) in [5.41, 5.74) is 1.37. The van der Waals surface area contributed by atoms with Crippen molar-refractivity contribution in [2.45, 2.75) is 51.9 Å². The predicted molar refractivity (Wildman–Crippen MR) is 118 cm³/mol. The molecule has 1 aromatic rings. The molecular weight excluding hydrogens is 416 g/mol. The first-order valence-electron chi connectivity index (χ1n) is 10.9. The number of benzene rings is 1. The normalized spacial score (nSPS) is 19.8. The van der Waals surface area contributed by atoms with Crippen LogP contribution in [0.4, 0.5) is 0 Å². The molecule has 4 nitrogen and oxygen atoms in total. The molecule has 0 atom stereocenters. The molecule has 5 heteroatoms. The lowest BCUT2D eigenvalue weighted by Gasteiger charge is -2.34. The van der Waals surface area contributed by atoms with Crippen molar-refractivity contribution < 1.29 is 9.53 Å². The van der Waals surface area contributed by atoms with E-state index in [-0.39, 0.29) is 5.91 Å². The number of likely N-dealkylation sites (tertiary alicyclic amines) is 2. The Kier molecular flexibility index (Phi) is 8.22. The van der Waals surface area contributed by atoms with Gasteiger partial charge in [0.2, 0.25) is 5.91 Å². The van der Waals surface area contributed by atoms with Gasteiger partial charge >= 0.3 is 0 Å². The number of rotatable bonds is 7. The second kappa shape index (κ2) is 10.6. The Hall–Kier alpha value is -1.07. The average Bonchev–Trinajstić information content (AvgIpc) is 2.71. The molecule has 0 aromatic heterocycles. The Bertz CT molecular complexity index is 635. The fourth-order valence-electron chi connectivity index (χ4n) is 4.70. The number of halogens is 1. The van der Waals surface area contributed by atoms with Gasteiger partial charge in [0.15, 0.2) is 0 Å². The van der Waals surface area contributed by atoms with E-state index in [1.165, 1.54) is 68.2 Å². The van der Waals surface area contributed by atoms with Crippen molar-refractivity contribution >= 4 is 21.8 Å². The highest BCUT2D eigenvalue weighted by molar-refractivity contribution is 9.10. The number of carbonyl (C=O) groups is 1. The van der Waals surface area contributed by atoms with Gasteiger partial charge in [-0.05, 0) is 100 Å². The van der Waals surface area contributed by atoms with E-state index in [1.54, 1.807) is 14.0 Å². The van der Waals surface area contributed by atoms with Crippen LogP contribution >= 0.6 is 15.9 Å². The maximum atomic E-state index is 11.4. The summed E-state index contributed by atoms with van der Waals surface area (Å²) in [6.45, 7) is 7.32. The SMILES string of the molecule is COc1ccc(Br)c(CC2CCN(CCCC3CCN(C(C)=O)CC3)CC2)c1. The van der Waals surface area contributed by atoms with Crippen molar-refractivity contribution in [2.75, 3.05) is 39.8 Å². The first-order chi connectivity index (χ1) is 13.5. The fraction of sp³-hybridized carbons (Fsp3) is 0.696. The van der Waals surface area contributed by atoms with Gasteiger partial charge in [-0.3, -0.25) is 4.79 Å². The predicted octanol–water partition coefficient (Wildman–Crippen LogP) is 4.75. The van der Waals surface area contributed by atoms with E-state index < -0.39 is 0 Å². The van der Waals surface area contributed by atoms with E-state index >= 15 is 0 Å². The maximum Gasteiger partial charge on any atom is 0.219 e. The van der Waals surface area contributed by atoms with Crippen LogP contribution in [0.15, 0.2) is 22.7 Å². The Morgan fingerprint density at radius 2 is 1.79 bits per heavy atom. The van der Waals surface area contributed by atoms with Gasteiger partial charge in [-0.25, -0.2) is 0 Å². The number of nitrogens with zero attached hydrogens (tertiary/aromatic N) is 2. The maximum absolute atomic E-state index is 11.4. The van der Waals surface area contributed by atoms with Gasteiger partial charge in [-0.2, -0.15) is 0 Å². The topological polar surface area (TPSA) is 32.8 Å². The van der Waals surface area contributed by atoms with Gasteiger partial charge in [0, 0.05) is 24.5 Å². The Balaban J connectivity index is 1.33. The first-order valence-corrected chi connectivity index (χ1v) is 11.6. The second-order valence-corrected chi connectivity index (χ2v) is 9.39. The molecule has 1 amide bonds. The standard InChI is InChI=1S/C23H35BrN2O2/c1-18(27)26-14-9-19(10-15-26)4-3-11-25-12-7-20(8-13-25)16-21-17-22(28-2)5-6-23(21)24/h5-6,17,19-20H,3-4,7-16H2,1-2H3. The van der Waals surface area contributed by atoms with Crippen molar-refractivity contribution in [1.82, 2.24) is 9.80 Å². The van der Waals surface area contributed by atoms with Crippen LogP contribution in [0.25, 0.3) is 0 Å². The molecule has 0 unspecified atom stereocenters. The van der Waals surface area contributed by atoms with Crippen LogP contribution in [0, 0.1) is 11.8 Å². The molecule has 1 aromatic carbocycles. The summed E-state index contributed by atoms with van der Waals surface area (Å²) in [6, 6.07) is 6.29. The van der Waals surface area contributed by atoms with Crippen molar-refractivity contribution in [3.05, 3.63) is 28.2 Å². The lowest BCUT2D eigenvalue weighted by molar-refractivity contribution is -0.130. The number of methoxy groups -OCH3 is 1. The van der Waals surface area contributed by atoms with E-state index in [9.17, 15) is 4.79 Å². The number of piperidine rings is 2. The molecule has 3 rings (SSSR count). The van der Waals surface area contributed by atoms with E-state index in [2.05, 4.69) is 33.0 Å². The van der Waals surface area contributed by atoms with Crippen LogP contribution in [0.1, 0.15) is 51.0 Å². The van der Waals surface area contributed by atoms with Crippen LogP contribution in [0.5, 0.6) is 5.75 Å². The molecule has 0 aliphatic carbocycles. The van der Waals surface area contributed by atoms with Crippen LogP contribution in [0.2, 0.25) is 0 Å². The Morgan fingerprint density at radius 1 is 1.11 bits per heavy atom. The minimum absolute atomic E-state index is 0.238. The molecule has 0 saturated carbocycles. The average molecular weight is 451 g/mol. The number of ether oxygens (including phenoxy) is 1. The molecule has 0 radical (unpaired) electrons. The van der Waals surface area contributed by atoms with Gasteiger partial charge in [0.25, 0.3) is 0 Å². The van der Waals surface area contributed by atoms with Crippen LogP contribution < -0.4 is 4.74 Å². The van der Waals surface area contributed by atoms with Crippen LogP contribution in [0.3, 0.4) is 0 Å². The molecule has 0 bridgehead atoms. The van der Waals surface area contributed by atoms with Gasteiger partial charge < -0.3 is 14.5 Å². The summed E-state index contributed by atoms with van der Waals surface area (Å²) < 4.78 is 6.58. The molecule has 2 aliphatic rings. The lowest BCUT2D eigenvalue weighted by Crippen LogP contribution is -2.37. The third kappa shape index (κ3) is 6.21. The first kappa shape index (κ1) is 21.6. The van der Waals surface area contributed by atoms with E-state index in [0.717, 1.165) is 37.1 Å². The summed E-state index contributed by atoms with van der Waals surface area (Å²) in [5.74, 6) is 2.78. The van der Waals surface area contributed by atoms with Crippen molar-refractivity contribution in [1.29, 1.82) is 0 Å². The van der Waals surface area contributed by atoms with Crippen molar-refractivity contribution in [2.24, 2.45) is 11.8 Å². The van der Waals surface area contributed by atoms with E-state index in [4.69, 9.17) is 4.74 Å². The summed E-state index contributed by atoms with van der Waals surface area (Å²) >= 11 is 3.69. The molecular formula is C23H35BrN2O2. The lowest BCUT2D eigenvalue weighted by atomic mass is 9.89. The van der Waals surface area contributed by atoms with Gasteiger partial charge in [-0.15, -0.1) is 0 Å². The zero-order chi connectivity index (χ0) is 19.9. The van der Waals surface area contributed by atoms with Gasteiger partial charge in [0.05, 0.1) is 7.11 Å².